The van der Waals surface area contributed by atoms with Crippen molar-refractivity contribution in [2.45, 2.75) is 80.8 Å². The van der Waals surface area contributed by atoms with Crippen LogP contribution in [-0.4, -0.2) is 24.0 Å². The molecule has 1 N–H and O–H groups in total. The zero-order chi connectivity index (χ0) is 17.0. The maximum Gasteiger partial charge on any atom is 0.320 e. The van der Waals surface area contributed by atoms with Gasteiger partial charge in [0, 0.05) is 7.11 Å². The normalized spacial score (nSPS) is 11.0. The smallest absolute Gasteiger partial charge is 0.320 e. The molecule has 0 aromatic carbocycles. The van der Waals surface area contributed by atoms with E-state index in [1.807, 2.05) is 0 Å². The molecule has 0 aromatic heterocycles. The first-order chi connectivity index (χ1) is 8.91. The zero-order valence-electron chi connectivity index (χ0n) is 15.0. The van der Waals surface area contributed by atoms with Crippen LogP contribution in [0.3, 0.4) is 0 Å². The lowest BCUT2D eigenvalue weighted by Crippen LogP contribution is -2.26. The number of rotatable bonds is 3. The summed E-state index contributed by atoms with van der Waals surface area (Å²) >= 11 is 0. The van der Waals surface area contributed by atoms with Crippen molar-refractivity contribution in [3.05, 3.63) is 0 Å². The predicted molar refractivity (Wildman–Crippen MR) is 92.2 cm³/mol. The largest absolute Gasteiger partial charge is 0.460 e. The third kappa shape index (κ3) is 26.4. The number of carbonyl (C=O) groups excluding carboxylic acids is 1. The van der Waals surface area contributed by atoms with Crippen molar-refractivity contribution in [2.24, 2.45) is 10.8 Å². The Morgan fingerprint density at radius 1 is 1.00 bits per heavy atom. The summed E-state index contributed by atoms with van der Waals surface area (Å²) in [5, 5.41) is 7.00. The molecule has 0 radical (unpaired) electrons. The van der Waals surface area contributed by atoms with Crippen LogP contribution in [0.25, 0.3) is 0 Å². The molecule has 3 nitrogen and oxygen atoms in total. The highest BCUT2D eigenvalue weighted by Gasteiger charge is 2.25. The van der Waals surface area contributed by atoms with Gasteiger partial charge in [-0.15, -0.1) is 0 Å². The van der Waals surface area contributed by atoms with Gasteiger partial charge in [-0.3, -0.25) is 0 Å². The van der Waals surface area contributed by atoms with Crippen molar-refractivity contribution < 1.29 is 14.6 Å². The van der Waals surface area contributed by atoms with Gasteiger partial charge >= 0.3 is 5.71 Å². The Balaban J connectivity index is -0.000000505. The van der Waals surface area contributed by atoms with Gasteiger partial charge in [0.15, 0.2) is 0 Å². The van der Waals surface area contributed by atoms with Gasteiger partial charge in [0.1, 0.15) is 6.10 Å². The Labute approximate surface area is 129 Å². The van der Waals surface area contributed by atoms with Crippen LogP contribution >= 0.6 is 9.24 Å². The summed E-state index contributed by atoms with van der Waals surface area (Å²) in [7, 11) is 3.08. The van der Waals surface area contributed by atoms with Crippen molar-refractivity contribution >= 4 is 15.0 Å². The fraction of sp³-hybridized carbons (Fsp3) is 0.938. The molecule has 0 aromatic rings. The lowest BCUT2D eigenvalue weighted by atomic mass is 9.82. The van der Waals surface area contributed by atoms with Crippen molar-refractivity contribution in [1.29, 1.82) is 0 Å². The topological polar surface area (TPSA) is 46.5 Å². The fourth-order valence-corrected chi connectivity index (χ4v) is 1.88. The quantitative estimate of drug-likeness (QED) is 0.723. The van der Waals surface area contributed by atoms with Gasteiger partial charge in [0.2, 0.25) is 0 Å². The van der Waals surface area contributed by atoms with Gasteiger partial charge in [-0.1, -0.05) is 61.8 Å². The Hall–Kier alpha value is -0.140. The summed E-state index contributed by atoms with van der Waals surface area (Å²) in [4.78, 5) is 11.0. The zero-order valence-corrected chi connectivity index (χ0v) is 16.2. The van der Waals surface area contributed by atoms with Crippen molar-refractivity contribution in [1.82, 2.24) is 0 Å². The van der Waals surface area contributed by atoms with Crippen LogP contribution < -0.4 is 0 Å². The van der Waals surface area contributed by atoms with E-state index in [-0.39, 0.29) is 22.6 Å². The molecular formula is C16H37O3P. The van der Waals surface area contributed by atoms with Gasteiger partial charge in [0.25, 0.3) is 0 Å². The van der Waals surface area contributed by atoms with Crippen LogP contribution in [0.15, 0.2) is 0 Å². The second kappa shape index (κ2) is 12.6. The molecule has 0 saturated heterocycles. The molecule has 0 aliphatic rings. The van der Waals surface area contributed by atoms with E-state index >= 15 is 0 Å². The van der Waals surface area contributed by atoms with E-state index in [0.717, 1.165) is 20.0 Å². The van der Waals surface area contributed by atoms with Crippen LogP contribution in [0.2, 0.25) is 0 Å². The van der Waals surface area contributed by atoms with E-state index in [9.17, 15) is 4.79 Å². The fourth-order valence-electron chi connectivity index (χ4n) is 1.69. The number of aliphatic hydroxyl groups is 1. The molecule has 0 amide bonds. The second-order valence-electron chi connectivity index (χ2n) is 7.30. The molecule has 1 atom stereocenters. The molecule has 0 fully saturated rings. The number of aliphatic hydroxyl groups excluding tert-OH is 1. The Bertz CT molecular complexity index is 211. The maximum atomic E-state index is 11.0. The van der Waals surface area contributed by atoms with Gasteiger partial charge in [0.05, 0.1) is 0 Å². The van der Waals surface area contributed by atoms with Crippen molar-refractivity contribution in [2.75, 3.05) is 7.11 Å². The lowest BCUT2D eigenvalue weighted by Gasteiger charge is -2.30. The summed E-state index contributed by atoms with van der Waals surface area (Å²) in [6.45, 7) is 17.2. The van der Waals surface area contributed by atoms with E-state index in [4.69, 9.17) is 9.84 Å². The molecule has 20 heavy (non-hydrogen) atoms. The molecule has 0 spiro atoms. The molecule has 0 aliphatic carbocycles. The minimum atomic E-state index is -0.256. The van der Waals surface area contributed by atoms with E-state index in [1.54, 1.807) is 0 Å². The standard InChI is InChI=1S/C12H25O2P.C3H8.CH4O/c1-11(2,3)7-9(14-10(13)15)8-12(4,5)6;1-3-2;1-2/h9H,7-8,15H2,1-6H3;3H2,1-2H3;2H,1H3. The SMILES string of the molecule is CC(C)(C)CC(CC(C)(C)C)OC(=O)P.CCC.CO. The molecule has 0 rings (SSSR count). The van der Waals surface area contributed by atoms with Crippen LogP contribution in [-0.2, 0) is 4.74 Å². The van der Waals surface area contributed by atoms with Crippen molar-refractivity contribution in [3.63, 3.8) is 0 Å². The average Bonchev–Trinajstić information content (AvgIpc) is 2.14. The molecule has 0 aliphatic heterocycles. The van der Waals surface area contributed by atoms with Gasteiger partial charge in [-0.2, -0.15) is 0 Å². The Kier molecular flexibility index (Phi) is 15.6. The van der Waals surface area contributed by atoms with Gasteiger partial charge in [-0.05, 0) is 32.9 Å². The summed E-state index contributed by atoms with van der Waals surface area (Å²) in [6, 6.07) is 0. The molecule has 1 unspecified atom stereocenters. The van der Waals surface area contributed by atoms with Crippen LogP contribution in [0, 0.1) is 10.8 Å². The monoisotopic (exact) mass is 308 g/mol. The maximum absolute atomic E-state index is 11.0. The van der Waals surface area contributed by atoms with Crippen LogP contribution in [0.5, 0.6) is 0 Å². The van der Waals surface area contributed by atoms with E-state index in [2.05, 4.69) is 64.6 Å². The number of hydrogen-bond donors (Lipinski definition) is 1. The molecule has 0 saturated carbocycles. The number of carbonyl (C=O) groups is 1. The Morgan fingerprint density at radius 2 is 1.25 bits per heavy atom. The van der Waals surface area contributed by atoms with Gasteiger partial charge < -0.3 is 9.84 Å². The third-order valence-corrected chi connectivity index (χ3v) is 2.10. The molecule has 0 bridgehead atoms. The highest BCUT2D eigenvalue weighted by molar-refractivity contribution is 7.39. The minimum Gasteiger partial charge on any atom is -0.460 e. The van der Waals surface area contributed by atoms with E-state index in [0.29, 0.717) is 0 Å². The average molecular weight is 308 g/mol. The third-order valence-electron chi connectivity index (χ3n) is 1.96. The lowest BCUT2D eigenvalue weighted by molar-refractivity contribution is 0.0634. The summed E-state index contributed by atoms with van der Waals surface area (Å²) in [6.07, 6.45) is 3.09. The molecule has 124 valence electrons. The summed E-state index contributed by atoms with van der Waals surface area (Å²) in [5.41, 5.74) is 0.125. The highest BCUT2D eigenvalue weighted by atomic mass is 31.0. The van der Waals surface area contributed by atoms with Gasteiger partial charge in [-0.25, -0.2) is 4.79 Å². The number of ether oxygens (including phenoxy) is 1. The molecular weight excluding hydrogens is 271 g/mol. The Morgan fingerprint density at radius 3 is 1.40 bits per heavy atom. The van der Waals surface area contributed by atoms with Crippen LogP contribution in [0.1, 0.15) is 74.7 Å². The first-order valence-corrected chi connectivity index (χ1v) is 7.90. The first-order valence-electron chi connectivity index (χ1n) is 7.32. The highest BCUT2D eigenvalue weighted by Crippen LogP contribution is 2.30. The van der Waals surface area contributed by atoms with E-state index < -0.39 is 0 Å². The van der Waals surface area contributed by atoms with Crippen molar-refractivity contribution in [3.8, 4) is 0 Å². The molecule has 0 heterocycles. The summed E-state index contributed by atoms with van der Waals surface area (Å²) in [5.74, 6) is 0. The minimum absolute atomic E-state index is 0.0231. The second-order valence-corrected chi connectivity index (χ2v) is 7.77. The van der Waals surface area contributed by atoms with Crippen LogP contribution in [0.4, 0.5) is 4.79 Å². The number of hydrogen-bond acceptors (Lipinski definition) is 3. The van der Waals surface area contributed by atoms with E-state index in [1.165, 1.54) is 6.42 Å². The molecule has 4 heteroatoms. The first kappa shape index (κ1) is 24.9. The predicted octanol–water partition coefficient (Wildman–Crippen LogP) is 5.26. The summed E-state index contributed by atoms with van der Waals surface area (Å²) < 4.78 is 5.33.